The summed E-state index contributed by atoms with van der Waals surface area (Å²) >= 11 is 0. The third kappa shape index (κ3) is 9.62. The summed E-state index contributed by atoms with van der Waals surface area (Å²) in [6, 6.07) is 13.1. The molecule has 2 aromatic rings. The fourth-order valence-corrected chi connectivity index (χ4v) is 8.85. The average molecular weight is 697 g/mol. The molecule has 0 saturated heterocycles. The number of carbonyl (C=O) groups is 1. The fourth-order valence-electron chi connectivity index (χ4n) is 8.85. The molecule has 4 aliphatic rings. The second-order valence-corrected chi connectivity index (χ2v) is 14.0. The van der Waals surface area contributed by atoms with Crippen molar-refractivity contribution in [3.05, 3.63) is 65.2 Å². The van der Waals surface area contributed by atoms with Gasteiger partial charge < -0.3 is 14.9 Å². The molecule has 0 amide bonds. The SMILES string of the molecule is C.C.C.C.C.C.CCC(CC(CC(C)C(=O)OC1(CC)C2CC3CC(C2)CC1C3)c1ccc(C(C)(O)C(F)(F)F)cc1)c1ccc(O)cc1. The molecule has 4 fully saturated rings. The number of rotatable bonds is 11. The van der Waals surface area contributed by atoms with Gasteiger partial charge in [-0.15, -0.1) is 0 Å². The first kappa shape index (κ1) is 48.6. The van der Waals surface area contributed by atoms with Crippen LogP contribution in [0.25, 0.3) is 0 Å². The number of aromatic hydroxyl groups is 1. The van der Waals surface area contributed by atoms with Gasteiger partial charge in [0.05, 0.1) is 5.92 Å². The summed E-state index contributed by atoms with van der Waals surface area (Å²) in [5.41, 5.74) is -1.65. The molecular formula is C42H71F3O4. The number of esters is 1. The molecule has 0 radical (unpaired) electrons. The summed E-state index contributed by atoms with van der Waals surface area (Å²) in [5.74, 6) is 2.05. The molecule has 7 heteroatoms. The minimum absolute atomic E-state index is 0. The molecule has 0 heterocycles. The number of ether oxygens (including phenoxy) is 1. The molecular weight excluding hydrogens is 625 g/mol. The largest absolute Gasteiger partial charge is 0.508 e. The smallest absolute Gasteiger partial charge is 0.421 e. The minimum atomic E-state index is -4.80. The zero-order valence-electron chi connectivity index (χ0n) is 25.9. The van der Waals surface area contributed by atoms with Crippen LogP contribution in [0.1, 0.15) is 159 Å². The normalized spacial score (nSPS) is 26.3. The quantitative estimate of drug-likeness (QED) is 0.230. The lowest BCUT2D eigenvalue weighted by Crippen LogP contribution is -2.59. The van der Waals surface area contributed by atoms with Gasteiger partial charge in [-0.3, -0.25) is 4.79 Å². The van der Waals surface area contributed by atoms with Gasteiger partial charge in [0.25, 0.3) is 0 Å². The summed E-state index contributed by atoms with van der Waals surface area (Å²) in [6.07, 6.45) is 4.00. The van der Waals surface area contributed by atoms with Crippen LogP contribution in [0.2, 0.25) is 0 Å². The Hall–Kier alpha value is -2.54. The van der Waals surface area contributed by atoms with Crippen molar-refractivity contribution < 1.29 is 32.9 Å². The van der Waals surface area contributed by atoms with Gasteiger partial charge in [0.15, 0.2) is 5.60 Å². The summed E-state index contributed by atoms with van der Waals surface area (Å²) in [7, 11) is 0. The van der Waals surface area contributed by atoms with Crippen LogP contribution in [0.15, 0.2) is 48.5 Å². The summed E-state index contributed by atoms with van der Waals surface area (Å²) in [4.78, 5) is 13.8. The van der Waals surface area contributed by atoms with Crippen LogP contribution in [0.3, 0.4) is 0 Å². The topological polar surface area (TPSA) is 66.8 Å². The molecule has 49 heavy (non-hydrogen) atoms. The maximum Gasteiger partial charge on any atom is 0.421 e. The summed E-state index contributed by atoms with van der Waals surface area (Å²) in [6.45, 7) is 6.93. The average Bonchev–Trinajstić information content (AvgIpc) is 2.96. The van der Waals surface area contributed by atoms with E-state index in [4.69, 9.17) is 4.74 Å². The molecule has 4 aliphatic carbocycles. The van der Waals surface area contributed by atoms with E-state index in [2.05, 4.69) is 13.8 Å². The van der Waals surface area contributed by atoms with Crippen molar-refractivity contribution in [1.29, 1.82) is 0 Å². The van der Waals surface area contributed by atoms with Gasteiger partial charge >= 0.3 is 12.1 Å². The highest BCUT2D eigenvalue weighted by molar-refractivity contribution is 5.72. The summed E-state index contributed by atoms with van der Waals surface area (Å²) in [5, 5.41) is 20.0. The van der Waals surface area contributed by atoms with Gasteiger partial charge in [-0.1, -0.05) is 102 Å². The first-order chi connectivity index (χ1) is 20.3. The van der Waals surface area contributed by atoms with Crippen molar-refractivity contribution in [3.63, 3.8) is 0 Å². The minimum Gasteiger partial charge on any atom is -0.508 e. The number of alkyl halides is 3. The standard InChI is InChI=1S/C36H47F3O4.6CH4/c1-5-25(26-9-13-32(40)14-10-26)21-28(27-7-11-29(12-8-27)34(4,42)36(37,38)39)15-22(3)33(41)43-35(6-2)30-17-23-16-24(19-30)20-31(35)18-23;;;;;;/h7-14,22-25,28,30-31,40,42H,5-6,15-21H2,1-4H3;6*1H4. The van der Waals surface area contributed by atoms with E-state index in [0.717, 1.165) is 68.4 Å². The maximum atomic E-state index is 13.8. The van der Waals surface area contributed by atoms with Crippen LogP contribution < -0.4 is 0 Å². The number of phenolic OH excluding ortho intramolecular Hbond substituents is 1. The number of aliphatic hydroxyl groups is 1. The van der Waals surface area contributed by atoms with Gasteiger partial charge in [-0.05, 0) is 129 Å². The maximum absolute atomic E-state index is 13.8. The number of hydrogen-bond donors (Lipinski definition) is 2. The van der Waals surface area contributed by atoms with E-state index in [1.165, 1.54) is 18.6 Å². The third-order valence-corrected chi connectivity index (χ3v) is 11.3. The van der Waals surface area contributed by atoms with E-state index in [1.807, 2.05) is 19.1 Å². The van der Waals surface area contributed by atoms with Crippen LogP contribution in [-0.2, 0) is 15.1 Å². The first-order valence-electron chi connectivity index (χ1n) is 16.2. The Labute approximate surface area is 298 Å². The monoisotopic (exact) mass is 697 g/mol. The Kier molecular flexibility index (Phi) is 18.5. The molecule has 284 valence electrons. The summed E-state index contributed by atoms with van der Waals surface area (Å²) < 4.78 is 47.1. The molecule has 0 spiro atoms. The number of carbonyl (C=O) groups excluding carboxylic acids is 1. The van der Waals surface area contributed by atoms with Crippen LogP contribution in [0, 0.1) is 29.6 Å². The lowest BCUT2D eigenvalue weighted by Gasteiger charge is -2.60. The van der Waals surface area contributed by atoms with Crippen LogP contribution in [0.5, 0.6) is 5.75 Å². The van der Waals surface area contributed by atoms with E-state index in [-0.39, 0.29) is 85.2 Å². The zero-order valence-corrected chi connectivity index (χ0v) is 25.9. The number of halogens is 3. The highest BCUT2D eigenvalue weighted by Gasteiger charge is 2.58. The van der Waals surface area contributed by atoms with Crippen LogP contribution >= 0.6 is 0 Å². The highest BCUT2D eigenvalue weighted by Crippen LogP contribution is 2.61. The molecule has 2 aromatic carbocycles. The van der Waals surface area contributed by atoms with E-state index >= 15 is 0 Å². The Bertz CT molecular complexity index is 1220. The molecule has 6 rings (SSSR count). The predicted molar refractivity (Wildman–Crippen MR) is 201 cm³/mol. The lowest BCUT2D eigenvalue weighted by atomic mass is 9.49. The van der Waals surface area contributed by atoms with Crippen molar-refractivity contribution in [2.75, 3.05) is 0 Å². The number of hydrogen-bond acceptors (Lipinski definition) is 4. The molecule has 4 unspecified atom stereocenters. The number of phenols is 1. The molecule has 4 saturated carbocycles. The van der Waals surface area contributed by atoms with Crippen molar-refractivity contribution >= 4 is 5.97 Å². The van der Waals surface area contributed by atoms with E-state index < -0.39 is 11.8 Å². The van der Waals surface area contributed by atoms with Crippen LogP contribution in [0.4, 0.5) is 13.2 Å². The second kappa shape index (κ2) is 18.6. The second-order valence-electron chi connectivity index (χ2n) is 14.0. The van der Waals surface area contributed by atoms with Crippen molar-refractivity contribution in [1.82, 2.24) is 0 Å². The molecule has 2 N–H and O–H groups in total. The molecule has 0 aromatic heterocycles. The van der Waals surface area contributed by atoms with Crippen molar-refractivity contribution in [2.24, 2.45) is 29.6 Å². The van der Waals surface area contributed by atoms with Gasteiger partial charge in [-0.2, -0.15) is 13.2 Å². The van der Waals surface area contributed by atoms with E-state index in [0.29, 0.717) is 24.7 Å². The Balaban J connectivity index is 0. The molecule has 4 bridgehead atoms. The Morgan fingerprint density at radius 2 is 1.24 bits per heavy atom. The van der Waals surface area contributed by atoms with Gasteiger partial charge in [0.2, 0.25) is 0 Å². The highest BCUT2D eigenvalue weighted by atomic mass is 19.4. The molecule has 0 aliphatic heterocycles. The van der Waals surface area contributed by atoms with Crippen molar-refractivity contribution in [3.8, 4) is 5.75 Å². The van der Waals surface area contributed by atoms with E-state index in [1.54, 1.807) is 24.3 Å². The Morgan fingerprint density at radius 1 is 0.796 bits per heavy atom. The molecule has 4 nitrogen and oxygen atoms in total. The fraction of sp³-hybridized carbons (Fsp3) is 0.690. The van der Waals surface area contributed by atoms with Crippen LogP contribution in [-0.4, -0.2) is 28.0 Å². The lowest BCUT2D eigenvalue weighted by molar-refractivity contribution is -0.258. The van der Waals surface area contributed by atoms with E-state index in [9.17, 15) is 28.2 Å². The van der Waals surface area contributed by atoms with Gasteiger partial charge in [0, 0.05) is 0 Å². The predicted octanol–water partition coefficient (Wildman–Crippen LogP) is 12.8. The Morgan fingerprint density at radius 3 is 1.67 bits per heavy atom. The van der Waals surface area contributed by atoms with Crippen molar-refractivity contribution in [2.45, 2.75) is 159 Å². The zero-order chi connectivity index (χ0) is 31.2. The molecule has 4 atom stereocenters. The third-order valence-electron chi connectivity index (χ3n) is 11.3. The first-order valence-corrected chi connectivity index (χ1v) is 16.2. The van der Waals surface area contributed by atoms with Gasteiger partial charge in [-0.25, -0.2) is 0 Å². The number of benzene rings is 2. The van der Waals surface area contributed by atoms with Gasteiger partial charge in [0.1, 0.15) is 11.4 Å².